The summed E-state index contributed by atoms with van der Waals surface area (Å²) in [5.41, 5.74) is 0. The smallest absolute Gasteiger partial charge is 0.0106 e. The van der Waals surface area contributed by atoms with Gasteiger partial charge in [-0.25, -0.2) is 0 Å². The van der Waals surface area contributed by atoms with E-state index in [9.17, 15) is 0 Å². The van der Waals surface area contributed by atoms with E-state index in [4.69, 9.17) is 0 Å². The summed E-state index contributed by atoms with van der Waals surface area (Å²) in [6, 6.07) is 0. The highest BCUT2D eigenvalue weighted by Crippen LogP contribution is 2.02. The van der Waals surface area contributed by atoms with E-state index in [2.05, 4.69) is 26.5 Å². The Morgan fingerprint density at radius 2 is 2.20 bits per heavy atom. The molecular weight excluding hydrogens is 122 g/mol. The summed E-state index contributed by atoms with van der Waals surface area (Å²) in [6.07, 6.45) is 7.21. The minimum atomic E-state index is 0.669. The van der Waals surface area contributed by atoms with E-state index in [1.165, 1.54) is 6.42 Å². The molecule has 0 aliphatic heterocycles. The van der Waals surface area contributed by atoms with Gasteiger partial charge in [-0.15, -0.1) is 0 Å². The Labute approximate surface area is 64.0 Å². The van der Waals surface area contributed by atoms with Crippen molar-refractivity contribution in [2.24, 2.45) is 5.92 Å². The molecule has 0 aliphatic rings. The Bertz CT molecular complexity index is 116. The zero-order chi connectivity index (χ0) is 7.98. The molecule has 0 saturated carbocycles. The first-order valence-electron chi connectivity index (χ1n) is 3.73. The van der Waals surface area contributed by atoms with Crippen LogP contribution in [-0.2, 0) is 0 Å². The topological polar surface area (TPSA) is 3.24 Å². The Kier molecular flexibility index (Phi) is 4.73. The Morgan fingerprint density at radius 3 is 2.60 bits per heavy atom. The normalized spacial score (nSPS) is 13.5. The van der Waals surface area contributed by atoms with Crippen LogP contribution in [0.1, 0.15) is 20.3 Å². The van der Waals surface area contributed by atoms with E-state index in [1.807, 2.05) is 18.1 Å². The van der Waals surface area contributed by atoms with Crippen molar-refractivity contribution in [3.05, 3.63) is 25.1 Å². The van der Waals surface area contributed by atoms with Gasteiger partial charge >= 0.3 is 0 Å². The van der Waals surface area contributed by atoms with Gasteiger partial charge in [-0.2, -0.15) is 0 Å². The van der Waals surface area contributed by atoms with Crippen LogP contribution in [0.15, 0.2) is 25.1 Å². The highest BCUT2D eigenvalue weighted by molar-refractivity contribution is 4.88. The molecule has 0 aromatic heterocycles. The van der Waals surface area contributed by atoms with Crippen molar-refractivity contribution in [3.63, 3.8) is 0 Å². The van der Waals surface area contributed by atoms with E-state index >= 15 is 0 Å². The molecule has 0 rings (SSSR count). The van der Waals surface area contributed by atoms with E-state index < -0.39 is 0 Å². The lowest BCUT2D eigenvalue weighted by molar-refractivity contribution is 0.605. The first-order valence-corrected chi connectivity index (χ1v) is 3.73. The fourth-order valence-corrected chi connectivity index (χ4v) is 0.480. The molecule has 0 spiro atoms. The predicted molar refractivity (Wildman–Crippen MR) is 46.6 cm³/mol. The van der Waals surface area contributed by atoms with Crippen LogP contribution in [0.5, 0.6) is 0 Å². The lowest BCUT2D eigenvalue weighted by atomic mass is 10.1. The number of nitrogens with zero attached hydrogens (tertiary/aromatic N) is 1. The maximum absolute atomic E-state index is 3.64. The van der Waals surface area contributed by atoms with Crippen molar-refractivity contribution < 1.29 is 0 Å². The second kappa shape index (κ2) is 5.10. The highest BCUT2D eigenvalue weighted by Gasteiger charge is 1.89. The minimum absolute atomic E-state index is 0.669. The third-order valence-electron chi connectivity index (χ3n) is 1.58. The van der Waals surface area contributed by atoms with Crippen molar-refractivity contribution >= 4 is 0 Å². The minimum Gasteiger partial charge on any atom is -0.358 e. The second-order valence-corrected chi connectivity index (χ2v) is 2.58. The molecule has 0 fully saturated rings. The van der Waals surface area contributed by atoms with E-state index in [0.29, 0.717) is 5.92 Å². The van der Waals surface area contributed by atoms with Gasteiger partial charge in [0, 0.05) is 7.05 Å². The van der Waals surface area contributed by atoms with Crippen LogP contribution in [-0.4, -0.2) is 11.9 Å². The fraction of sp³-hybridized carbons (Fsp3) is 0.556. The predicted octanol–water partition coefficient (Wildman–Crippen LogP) is 2.62. The van der Waals surface area contributed by atoms with Crippen LogP contribution >= 0.6 is 0 Å². The van der Waals surface area contributed by atoms with Gasteiger partial charge in [0.1, 0.15) is 0 Å². The molecule has 1 atom stereocenters. The van der Waals surface area contributed by atoms with E-state index in [1.54, 1.807) is 6.20 Å². The molecule has 0 radical (unpaired) electrons. The zero-order valence-electron chi connectivity index (χ0n) is 7.17. The molecule has 0 aromatic rings. The third kappa shape index (κ3) is 4.19. The second-order valence-electron chi connectivity index (χ2n) is 2.58. The van der Waals surface area contributed by atoms with Gasteiger partial charge in [0.15, 0.2) is 0 Å². The SMILES string of the molecule is C=CN(C)/C=C\C(C)CC. The number of allylic oxidation sites excluding steroid dienone is 1. The van der Waals surface area contributed by atoms with E-state index in [-0.39, 0.29) is 0 Å². The summed E-state index contributed by atoms with van der Waals surface area (Å²) in [4.78, 5) is 1.95. The summed E-state index contributed by atoms with van der Waals surface area (Å²) in [6.45, 7) is 8.02. The molecule has 0 aromatic carbocycles. The van der Waals surface area contributed by atoms with Crippen LogP contribution < -0.4 is 0 Å². The quantitative estimate of drug-likeness (QED) is 0.578. The number of hydrogen-bond acceptors (Lipinski definition) is 1. The Balaban J connectivity index is 3.62. The van der Waals surface area contributed by atoms with Crippen molar-refractivity contribution in [2.45, 2.75) is 20.3 Å². The maximum atomic E-state index is 3.64. The molecule has 0 saturated heterocycles. The third-order valence-corrected chi connectivity index (χ3v) is 1.58. The van der Waals surface area contributed by atoms with Crippen LogP contribution in [0.3, 0.4) is 0 Å². The zero-order valence-corrected chi connectivity index (χ0v) is 7.17. The molecule has 1 nitrogen and oxygen atoms in total. The molecule has 1 heteroatoms. The largest absolute Gasteiger partial charge is 0.358 e. The van der Waals surface area contributed by atoms with Crippen molar-refractivity contribution in [1.29, 1.82) is 0 Å². The van der Waals surface area contributed by atoms with Gasteiger partial charge in [0.05, 0.1) is 0 Å². The fourth-order valence-electron chi connectivity index (χ4n) is 0.480. The summed E-state index contributed by atoms with van der Waals surface area (Å²) < 4.78 is 0. The van der Waals surface area contributed by atoms with Gasteiger partial charge in [-0.3, -0.25) is 0 Å². The lowest BCUT2D eigenvalue weighted by Crippen LogP contribution is -1.99. The maximum Gasteiger partial charge on any atom is 0.0106 e. The monoisotopic (exact) mass is 139 g/mol. The van der Waals surface area contributed by atoms with Crippen molar-refractivity contribution in [1.82, 2.24) is 4.90 Å². The molecule has 1 unspecified atom stereocenters. The highest BCUT2D eigenvalue weighted by atomic mass is 15.0. The average molecular weight is 139 g/mol. The molecular formula is C9H17N. The molecule has 0 N–H and O–H groups in total. The van der Waals surface area contributed by atoms with Crippen LogP contribution in [0.2, 0.25) is 0 Å². The van der Waals surface area contributed by atoms with Gasteiger partial charge in [-0.05, 0) is 18.3 Å². The first-order chi connectivity index (χ1) is 4.70. The van der Waals surface area contributed by atoms with Gasteiger partial charge in [0.25, 0.3) is 0 Å². The average Bonchev–Trinajstić information content (AvgIpc) is 1.99. The van der Waals surface area contributed by atoms with Crippen molar-refractivity contribution in [2.75, 3.05) is 7.05 Å². The lowest BCUT2D eigenvalue weighted by Gasteiger charge is -2.06. The first kappa shape index (κ1) is 9.28. The Hall–Kier alpha value is -0.720. The molecule has 0 heterocycles. The summed E-state index contributed by atoms with van der Waals surface area (Å²) in [5.74, 6) is 0.669. The Morgan fingerprint density at radius 1 is 1.60 bits per heavy atom. The number of rotatable bonds is 4. The summed E-state index contributed by atoms with van der Waals surface area (Å²) in [7, 11) is 1.98. The molecule has 0 amide bonds. The van der Waals surface area contributed by atoms with Crippen molar-refractivity contribution in [3.8, 4) is 0 Å². The molecule has 0 aliphatic carbocycles. The summed E-state index contributed by atoms with van der Waals surface area (Å²) in [5, 5.41) is 0. The standard InChI is InChI=1S/C9H17N/c1-5-9(3)7-8-10(4)6-2/h6-9H,2,5H2,1,3-4H3/b8-7-. The van der Waals surface area contributed by atoms with Crippen LogP contribution in [0, 0.1) is 5.92 Å². The van der Waals surface area contributed by atoms with E-state index in [0.717, 1.165) is 0 Å². The summed E-state index contributed by atoms with van der Waals surface area (Å²) >= 11 is 0. The number of hydrogen-bond donors (Lipinski definition) is 0. The molecule has 58 valence electrons. The van der Waals surface area contributed by atoms with Gasteiger partial charge < -0.3 is 4.90 Å². The van der Waals surface area contributed by atoms with Crippen LogP contribution in [0.25, 0.3) is 0 Å². The van der Waals surface area contributed by atoms with Gasteiger partial charge in [0.2, 0.25) is 0 Å². The molecule has 10 heavy (non-hydrogen) atoms. The molecule has 0 bridgehead atoms. The van der Waals surface area contributed by atoms with Gasteiger partial charge in [-0.1, -0.05) is 32.9 Å². The van der Waals surface area contributed by atoms with Crippen LogP contribution in [0.4, 0.5) is 0 Å².